The quantitative estimate of drug-likeness (QED) is 0.833. The summed E-state index contributed by atoms with van der Waals surface area (Å²) in [5.41, 5.74) is 0.0766. The van der Waals surface area contributed by atoms with Crippen LogP contribution in [0.15, 0.2) is 11.6 Å². The van der Waals surface area contributed by atoms with E-state index in [1.165, 1.54) is 5.01 Å². The van der Waals surface area contributed by atoms with E-state index in [2.05, 4.69) is 14.8 Å². The van der Waals surface area contributed by atoms with Crippen molar-refractivity contribution in [1.29, 1.82) is 0 Å². The minimum absolute atomic E-state index is 0.0766. The van der Waals surface area contributed by atoms with E-state index in [0.717, 1.165) is 51.9 Å². The zero-order valence-corrected chi connectivity index (χ0v) is 14.1. The number of nitrogens with zero attached hydrogens (tertiary/aromatic N) is 3. The van der Waals surface area contributed by atoms with Crippen LogP contribution in [0.5, 0.6) is 0 Å². The molecule has 3 rings (SSSR count). The van der Waals surface area contributed by atoms with E-state index in [4.69, 9.17) is 4.74 Å². The van der Waals surface area contributed by atoms with Gasteiger partial charge in [0.2, 0.25) is 5.91 Å². The molecule has 122 valence electrons. The number of hydrogen-bond acceptors (Lipinski definition) is 5. The average Bonchev–Trinajstić information content (AvgIpc) is 3.06. The number of methoxy groups -OCH3 is 1. The normalized spacial score (nSPS) is 26.8. The van der Waals surface area contributed by atoms with Crippen LogP contribution in [0.1, 0.15) is 37.1 Å². The molecule has 6 heteroatoms. The van der Waals surface area contributed by atoms with E-state index >= 15 is 0 Å². The summed E-state index contributed by atoms with van der Waals surface area (Å²) in [7, 11) is 1.70. The monoisotopic (exact) mass is 323 g/mol. The summed E-state index contributed by atoms with van der Waals surface area (Å²) in [5, 5.41) is 3.23. The fourth-order valence-corrected chi connectivity index (χ4v) is 4.51. The van der Waals surface area contributed by atoms with Crippen molar-refractivity contribution < 1.29 is 9.53 Å². The van der Waals surface area contributed by atoms with Gasteiger partial charge in [-0.25, -0.2) is 4.98 Å². The van der Waals surface area contributed by atoms with Gasteiger partial charge in [0, 0.05) is 43.7 Å². The zero-order chi connectivity index (χ0) is 15.4. The van der Waals surface area contributed by atoms with Crippen LogP contribution in [-0.2, 0) is 16.1 Å². The Morgan fingerprint density at radius 1 is 1.36 bits per heavy atom. The molecule has 0 aliphatic carbocycles. The van der Waals surface area contributed by atoms with Crippen molar-refractivity contribution in [2.75, 3.05) is 33.4 Å². The lowest BCUT2D eigenvalue weighted by atomic mass is 9.88. The molecule has 0 N–H and O–H groups in total. The summed E-state index contributed by atoms with van der Waals surface area (Å²) >= 11 is 1.73. The second kappa shape index (κ2) is 7.06. The Hall–Kier alpha value is -0.980. The molecule has 0 aromatic carbocycles. The Kier molecular flexibility index (Phi) is 5.10. The Bertz CT molecular complexity index is 494. The molecular formula is C16H25N3O2S. The van der Waals surface area contributed by atoms with E-state index in [-0.39, 0.29) is 5.54 Å². The van der Waals surface area contributed by atoms with Gasteiger partial charge in [0.05, 0.1) is 13.2 Å². The molecule has 2 fully saturated rings. The van der Waals surface area contributed by atoms with Crippen molar-refractivity contribution in [2.45, 2.75) is 44.2 Å². The summed E-state index contributed by atoms with van der Waals surface area (Å²) < 4.78 is 5.20. The Labute approximate surface area is 136 Å². The van der Waals surface area contributed by atoms with Gasteiger partial charge < -0.3 is 9.64 Å². The highest BCUT2D eigenvalue weighted by molar-refractivity contribution is 7.09. The molecular weight excluding hydrogens is 298 g/mol. The highest BCUT2D eigenvalue weighted by Gasteiger charge is 2.45. The molecule has 5 nitrogen and oxygen atoms in total. The first-order chi connectivity index (χ1) is 10.7. The molecule has 2 aliphatic rings. The first kappa shape index (κ1) is 15.9. The predicted octanol–water partition coefficient (Wildman–Crippen LogP) is 2.14. The third kappa shape index (κ3) is 3.34. The molecule has 0 radical (unpaired) electrons. The number of carbonyl (C=O) groups excluding carboxylic acids is 1. The van der Waals surface area contributed by atoms with E-state index < -0.39 is 0 Å². The third-order valence-corrected chi connectivity index (χ3v) is 5.81. The molecule has 1 spiro atoms. The van der Waals surface area contributed by atoms with Crippen molar-refractivity contribution >= 4 is 17.2 Å². The Balaban J connectivity index is 1.64. The molecule has 1 aromatic heterocycles. The van der Waals surface area contributed by atoms with Crippen LogP contribution < -0.4 is 0 Å². The van der Waals surface area contributed by atoms with Crippen LogP contribution in [0.3, 0.4) is 0 Å². The lowest BCUT2D eigenvalue weighted by Gasteiger charge is -2.38. The summed E-state index contributed by atoms with van der Waals surface area (Å²) in [6, 6.07) is 0. The Morgan fingerprint density at radius 2 is 2.27 bits per heavy atom. The number of rotatable bonds is 5. The molecule has 2 aliphatic heterocycles. The third-order valence-electron chi connectivity index (χ3n) is 5.05. The fourth-order valence-electron chi connectivity index (χ4n) is 3.85. The molecule has 0 saturated carbocycles. The summed E-state index contributed by atoms with van der Waals surface area (Å²) in [6.45, 7) is 4.47. The number of carbonyl (C=O) groups is 1. The van der Waals surface area contributed by atoms with Gasteiger partial charge in [-0.2, -0.15) is 0 Å². The van der Waals surface area contributed by atoms with Gasteiger partial charge in [0.15, 0.2) is 0 Å². The fraction of sp³-hybridized carbons (Fsp3) is 0.750. The van der Waals surface area contributed by atoms with Crippen molar-refractivity contribution in [3.05, 3.63) is 16.6 Å². The van der Waals surface area contributed by atoms with E-state index in [1.54, 1.807) is 18.4 Å². The van der Waals surface area contributed by atoms with E-state index in [1.807, 2.05) is 11.6 Å². The average molecular weight is 323 g/mol. The van der Waals surface area contributed by atoms with Crippen LogP contribution in [-0.4, -0.2) is 59.6 Å². The molecule has 0 bridgehead atoms. The first-order valence-corrected chi connectivity index (χ1v) is 9.02. The number of ether oxygens (including phenoxy) is 1. The molecule has 3 heterocycles. The number of amides is 1. The second-order valence-electron chi connectivity index (χ2n) is 6.32. The van der Waals surface area contributed by atoms with Gasteiger partial charge >= 0.3 is 0 Å². The minimum Gasteiger partial charge on any atom is -0.383 e. The van der Waals surface area contributed by atoms with E-state index in [0.29, 0.717) is 18.9 Å². The maximum absolute atomic E-state index is 12.3. The summed E-state index contributed by atoms with van der Waals surface area (Å²) in [4.78, 5) is 21.3. The van der Waals surface area contributed by atoms with Crippen molar-refractivity contribution in [3.63, 3.8) is 0 Å². The van der Waals surface area contributed by atoms with Gasteiger partial charge in [-0.1, -0.05) is 0 Å². The number of thiazole rings is 1. The standard InChI is InChI=1S/C16H25N3O2S/c1-21-11-10-19-15(20)3-5-16(19)4-2-8-18(9-6-16)13-14-17-7-12-22-14/h7,12H,2-6,8-11,13H2,1H3/t16-/m1/s1. The van der Waals surface area contributed by atoms with Gasteiger partial charge in [-0.3, -0.25) is 9.69 Å². The molecule has 1 aromatic rings. The summed E-state index contributed by atoms with van der Waals surface area (Å²) in [5.74, 6) is 0.311. The predicted molar refractivity (Wildman–Crippen MR) is 86.8 cm³/mol. The zero-order valence-electron chi connectivity index (χ0n) is 13.3. The molecule has 0 unspecified atom stereocenters. The SMILES string of the molecule is COCCN1C(=O)CC[C@@]12CCCN(Cc1nccs1)CC2. The molecule has 1 atom stereocenters. The second-order valence-corrected chi connectivity index (χ2v) is 7.30. The van der Waals surface area contributed by atoms with Crippen molar-refractivity contribution in [1.82, 2.24) is 14.8 Å². The van der Waals surface area contributed by atoms with Gasteiger partial charge in [-0.05, 0) is 32.2 Å². The highest BCUT2D eigenvalue weighted by atomic mass is 32.1. The number of hydrogen-bond donors (Lipinski definition) is 0. The van der Waals surface area contributed by atoms with Crippen molar-refractivity contribution in [3.8, 4) is 0 Å². The summed E-state index contributed by atoms with van der Waals surface area (Å²) in [6.07, 6.45) is 6.95. The minimum atomic E-state index is 0.0766. The highest BCUT2D eigenvalue weighted by Crippen LogP contribution is 2.39. The van der Waals surface area contributed by atoms with Gasteiger partial charge in [0.25, 0.3) is 0 Å². The van der Waals surface area contributed by atoms with Crippen LogP contribution in [0.25, 0.3) is 0 Å². The lowest BCUT2D eigenvalue weighted by molar-refractivity contribution is -0.132. The molecule has 22 heavy (non-hydrogen) atoms. The van der Waals surface area contributed by atoms with Crippen LogP contribution in [0.4, 0.5) is 0 Å². The first-order valence-electron chi connectivity index (χ1n) is 8.14. The molecule has 1 amide bonds. The van der Waals surface area contributed by atoms with Crippen molar-refractivity contribution in [2.24, 2.45) is 0 Å². The largest absolute Gasteiger partial charge is 0.383 e. The lowest BCUT2D eigenvalue weighted by Crippen LogP contribution is -2.47. The number of likely N-dealkylation sites (tertiary alicyclic amines) is 2. The maximum Gasteiger partial charge on any atom is 0.223 e. The topological polar surface area (TPSA) is 45.7 Å². The van der Waals surface area contributed by atoms with Gasteiger partial charge in [-0.15, -0.1) is 11.3 Å². The number of aromatic nitrogens is 1. The maximum atomic E-state index is 12.3. The van der Waals surface area contributed by atoms with Crippen LogP contribution in [0.2, 0.25) is 0 Å². The smallest absolute Gasteiger partial charge is 0.223 e. The Morgan fingerprint density at radius 3 is 3.05 bits per heavy atom. The van der Waals surface area contributed by atoms with E-state index in [9.17, 15) is 4.79 Å². The van der Waals surface area contributed by atoms with Crippen LogP contribution in [0, 0.1) is 0 Å². The van der Waals surface area contributed by atoms with Crippen LogP contribution >= 0.6 is 11.3 Å². The van der Waals surface area contributed by atoms with Gasteiger partial charge in [0.1, 0.15) is 5.01 Å². The molecule has 2 saturated heterocycles.